The summed E-state index contributed by atoms with van der Waals surface area (Å²) in [4.78, 5) is 14.1. The molecule has 1 aliphatic rings. The molecule has 1 aromatic rings. The van der Waals surface area contributed by atoms with Crippen molar-refractivity contribution in [2.75, 3.05) is 0 Å². The Kier molecular flexibility index (Phi) is 5.25. The molecule has 2 rings (SSSR count). The fraction of sp³-hybridized carbons (Fsp3) is 0.167. The van der Waals surface area contributed by atoms with E-state index in [1.807, 2.05) is 24.8 Å². The first-order chi connectivity index (χ1) is 8.89. The van der Waals surface area contributed by atoms with E-state index >= 15 is 0 Å². The molecule has 1 unspecified atom stereocenters. The normalized spacial score (nSPS) is 16.9. The van der Waals surface area contributed by atoms with Crippen molar-refractivity contribution in [2.45, 2.75) is 12.7 Å². The number of alkyl halides is 3. The van der Waals surface area contributed by atoms with Crippen LogP contribution in [0.15, 0.2) is 47.7 Å². The fourth-order valence-corrected chi connectivity index (χ4v) is 1.26. The maximum Gasteiger partial charge on any atom is 0.430 e. The Morgan fingerprint density at radius 1 is 1.26 bits per heavy atom. The van der Waals surface area contributed by atoms with Gasteiger partial charge in [-0.1, -0.05) is 30.3 Å². The van der Waals surface area contributed by atoms with Gasteiger partial charge in [-0.2, -0.15) is 13.2 Å². The third kappa shape index (κ3) is 5.82. The van der Waals surface area contributed by atoms with Crippen molar-refractivity contribution >= 4 is 12.3 Å². The Morgan fingerprint density at radius 3 is 2.26 bits per heavy atom. The molecule has 1 N–H and O–H groups in total. The molecule has 0 saturated carbocycles. The first-order valence-electron chi connectivity index (χ1n) is 5.27. The number of rotatable bonds is 2. The van der Waals surface area contributed by atoms with Crippen LogP contribution in [-0.4, -0.2) is 18.5 Å². The van der Waals surface area contributed by atoms with E-state index in [2.05, 4.69) is 29.3 Å². The van der Waals surface area contributed by atoms with Crippen LogP contribution in [0.4, 0.5) is 13.2 Å². The third-order valence-electron chi connectivity index (χ3n) is 2.10. The molecule has 0 radical (unpaired) electrons. The molecule has 1 aromatic carbocycles. The van der Waals surface area contributed by atoms with Gasteiger partial charge in [-0.3, -0.25) is 4.90 Å². The van der Waals surface area contributed by atoms with Gasteiger partial charge in [0.1, 0.15) is 18.7 Å². The molecular formula is C12H11F3N2O2. The minimum Gasteiger partial charge on any atom is -0.542 e. The van der Waals surface area contributed by atoms with E-state index in [9.17, 15) is 13.2 Å². The number of carboxylic acids is 1. The van der Waals surface area contributed by atoms with Gasteiger partial charge in [0.05, 0.1) is 6.20 Å². The van der Waals surface area contributed by atoms with E-state index < -0.39 is 12.1 Å². The van der Waals surface area contributed by atoms with Gasteiger partial charge < -0.3 is 9.90 Å². The molecule has 0 aromatic heterocycles. The van der Waals surface area contributed by atoms with Crippen LogP contribution in [0.2, 0.25) is 0 Å². The van der Waals surface area contributed by atoms with Crippen molar-refractivity contribution in [3.05, 3.63) is 48.3 Å². The van der Waals surface area contributed by atoms with Crippen LogP contribution in [0.1, 0.15) is 5.56 Å². The van der Waals surface area contributed by atoms with Crippen LogP contribution in [0.5, 0.6) is 0 Å². The highest BCUT2D eigenvalue weighted by atomic mass is 19.4. The minimum atomic E-state index is -5.19. The van der Waals surface area contributed by atoms with E-state index in [0.29, 0.717) is 0 Å². The zero-order valence-corrected chi connectivity index (χ0v) is 9.72. The smallest absolute Gasteiger partial charge is 0.430 e. The van der Waals surface area contributed by atoms with Gasteiger partial charge in [-0.05, 0) is 0 Å². The van der Waals surface area contributed by atoms with Crippen molar-refractivity contribution in [1.29, 1.82) is 0 Å². The number of carboxylic acid groups (broad SMARTS) is 1. The molecule has 4 nitrogen and oxygen atoms in total. The number of hydrogen-bond donors (Lipinski definition) is 1. The van der Waals surface area contributed by atoms with Crippen LogP contribution in [-0.2, 0) is 11.3 Å². The summed E-state index contributed by atoms with van der Waals surface area (Å²) in [6, 6.07) is 10.4. The highest BCUT2D eigenvalue weighted by Gasteiger charge is 2.28. The van der Waals surface area contributed by atoms with Gasteiger partial charge in [0.25, 0.3) is 0 Å². The molecule has 0 fully saturated rings. The van der Waals surface area contributed by atoms with Crippen molar-refractivity contribution in [3.8, 4) is 0 Å². The van der Waals surface area contributed by atoms with Crippen LogP contribution in [0.3, 0.4) is 0 Å². The number of aliphatic carboxylic acids is 1. The second-order valence-electron chi connectivity index (χ2n) is 3.62. The van der Waals surface area contributed by atoms with Gasteiger partial charge in [0.15, 0.2) is 6.34 Å². The zero-order valence-electron chi connectivity index (χ0n) is 9.72. The zero-order chi connectivity index (χ0) is 14.3. The summed E-state index contributed by atoms with van der Waals surface area (Å²) >= 11 is 0. The van der Waals surface area contributed by atoms with Gasteiger partial charge in [-0.25, -0.2) is 4.99 Å². The first-order valence-corrected chi connectivity index (χ1v) is 5.27. The van der Waals surface area contributed by atoms with Crippen molar-refractivity contribution in [1.82, 2.24) is 0 Å². The summed E-state index contributed by atoms with van der Waals surface area (Å²) < 4.78 is 31.5. The third-order valence-corrected chi connectivity index (χ3v) is 2.10. The van der Waals surface area contributed by atoms with Gasteiger partial charge in [-0.15, -0.1) is 0 Å². The van der Waals surface area contributed by atoms with Crippen molar-refractivity contribution < 1.29 is 28.0 Å². The van der Waals surface area contributed by atoms with Gasteiger partial charge in [0.2, 0.25) is 0 Å². The molecule has 19 heavy (non-hydrogen) atoms. The lowest BCUT2D eigenvalue weighted by atomic mass is 10.2. The maximum atomic E-state index is 10.5. The van der Waals surface area contributed by atoms with Crippen LogP contribution >= 0.6 is 0 Å². The highest BCUT2D eigenvalue weighted by Crippen LogP contribution is 2.11. The number of quaternary nitrogens is 1. The second kappa shape index (κ2) is 6.69. The summed E-state index contributed by atoms with van der Waals surface area (Å²) in [6.45, 7) is 0.987. The Labute approximate surface area is 107 Å². The summed E-state index contributed by atoms with van der Waals surface area (Å²) in [6.07, 6.45) is 0.596. The monoisotopic (exact) mass is 272 g/mol. The minimum absolute atomic E-state index is 0.987. The Morgan fingerprint density at radius 2 is 1.84 bits per heavy atom. The van der Waals surface area contributed by atoms with Crippen molar-refractivity contribution in [3.63, 3.8) is 0 Å². The topological polar surface area (TPSA) is 56.9 Å². The second-order valence-corrected chi connectivity index (χ2v) is 3.62. The maximum absolute atomic E-state index is 10.5. The average Bonchev–Trinajstić information content (AvgIpc) is 2.83. The number of benzene rings is 1. The molecule has 7 heteroatoms. The molecule has 0 bridgehead atoms. The molecular weight excluding hydrogens is 261 g/mol. The summed E-state index contributed by atoms with van der Waals surface area (Å²) in [7, 11) is 0. The molecule has 102 valence electrons. The molecule has 0 aliphatic carbocycles. The molecule has 1 atom stereocenters. The predicted molar refractivity (Wildman–Crippen MR) is 59.8 cm³/mol. The molecule has 0 amide bonds. The fourth-order valence-electron chi connectivity index (χ4n) is 1.26. The number of carbonyl (C=O) groups is 1. The van der Waals surface area contributed by atoms with E-state index in [4.69, 9.17) is 9.90 Å². The van der Waals surface area contributed by atoms with Crippen LogP contribution in [0, 0.1) is 0 Å². The standard InChI is InChI=1S/C10H10N2.C2HF3O2/c1-2-4-10(5-3-1)8-12-7-6-11-9-12;3-2(4,5)1(6)7/h1-7,9H,8H2;(H,6,7). The van der Waals surface area contributed by atoms with E-state index in [1.165, 1.54) is 10.5 Å². The van der Waals surface area contributed by atoms with E-state index in [0.717, 1.165) is 6.54 Å². The van der Waals surface area contributed by atoms with E-state index in [-0.39, 0.29) is 0 Å². The Bertz CT molecular complexity index is 458. The number of nitrogens with one attached hydrogen (secondary N) is 1. The van der Waals surface area contributed by atoms with E-state index in [1.54, 1.807) is 0 Å². The highest BCUT2D eigenvalue weighted by molar-refractivity contribution is 5.70. The lowest BCUT2D eigenvalue weighted by Gasteiger charge is -2.04. The quantitative estimate of drug-likeness (QED) is 0.816. The van der Waals surface area contributed by atoms with Crippen molar-refractivity contribution in [2.24, 2.45) is 4.99 Å². The Balaban J connectivity index is 0.000000224. The summed E-state index contributed by atoms with van der Waals surface area (Å²) in [5.41, 5.74) is 1.34. The summed E-state index contributed by atoms with van der Waals surface area (Å²) in [5, 5.41) is 8.78. The largest absolute Gasteiger partial charge is 0.542 e. The van der Waals surface area contributed by atoms with Gasteiger partial charge in [0, 0.05) is 5.56 Å². The number of carbonyl (C=O) groups excluding carboxylic acids is 1. The number of hydrogen-bond acceptors (Lipinski definition) is 3. The summed E-state index contributed by atoms with van der Waals surface area (Å²) in [5.74, 6) is -3.01. The first kappa shape index (κ1) is 14.9. The average molecular weight is 272 g/mol. The molecule has 1 aliphatic heterocycles. The predicted octanol–water partition coefficient (Wildman–Crippen LogP) is -0.117. The number of nitrogens with zero attached hydrogens (tertiary/aromatic N) is 1. The molecule has 0 saturated heterocycles. The lowest BCUT2D eigenvalue weighted by molar-refractivity contribution is -0.752. The SMILES string of the molecule is C1=C[NH+](Cc2ccccc2)C=N1.O=C([O-])C(F)(F)F. The molecule has 0 spiro atoms. The number of halogens is 3. The van der Waals surface area contributed by atoms with Gasteiger partial charge >= 0.3 is 6.18 Å². The number of aliphatic imine (C=N–C) groups is 1. The Hall–Kier alpha value is -2.15. The van der Waals surface area contributed by atoms with Crippen LogP contribution in [0.25, 0.3) is 0 Å². The molecule has 1 heterocycles. The lowest BCUT2D eigenvalue weighted by Crippen LogP contribution is -3.04. The van der Waals surface area contributed by atoms with Crippen LogP contribution < -0.4 is 10.0 Å².